The molecule has 0 saturated carbocycles. The molecule has 10 nitrogen and oxygen atoms in total. The highest BCUT2D eigenvalue weighted by Gasteiger charge is 2.25. The Bertz CT molecular complexity index is 1250. The number of fused-ring (bicyclic) bond motifs is 1. The average molecular weight is 533 g/mol. The lowest BCUT2D eigenvalue weighted by Gasteiger charge is -2.14. The summed E-state index contributed by atoms with van der Waals surface area (Å²) in [7, 11) is -8.01. The predicted molar refractivity (Wildman–Crippen MR) is 135 cm³/mol. The molecule has 5 rings (SSSR count). The van der Waals surface area contributed by atoms with Gasteiger partial charge in [-0.3, -0.25) is 15.0 Å². The van der Waals surface area contributed by atoms with Crippen LogP contribution in [0.3, 0.4) is 0 Å². The first kappa shape index (κ1) is 27.5. The fraction of sp³-hybridized carbons (Fsp3) is 0. The SMILES string of the molecule is NS(=O)(=O)c1cc2c(cc1Cl)NC=NS2(=O)=O.c1ccncc1.c1ccncc1.c1ccncc1. The number of halogens is 1. The highest BCUT2D eigenvalue weighted by Crippen LogP contribution is 2.33. The number of primary sulfonamides is 1. The van der Waals surface area contributed by atoms with Crippen LogP contribution in [0.4, 0.5) is 5.69 Å². The van der Waals surface area contributed by atoms with Gasteiger partial charge in [-0.25, -0.2) is 13.6 Å². The third-order valence-corrected chi connectivity index (χ3v) is 6.38. The maximum atomic E-state index is 11.5. The van der Waals surface area contributed by atoms with Gasteiger partial charge in [0.2, 0.25) is 10.0 Å². The van der Waals surface area contributed by atoms with Crippen LogP contribution in [-0.4, -0.2) is 38.1 Å². The van der Waals surface area contributed by atoms with Crippen molar-refractivity contribution in [1.82, 2.24) is 15.0 Å². The molecule has 0 spiro atoms. The van der Waals surface area contributed by atoms with Crippen molar-refractivity contribution in [1.29, 1.82) is 0 Å². The number of nitrogens with one attached hydrogen (secondary N) is 1. The number of aromatic nitrogens is 3. The molecule has 1 aliphatic heterocycles. The van der Waals surface area contributed by atoms with Crippen LogP contribution in [0.5, 0.6) is 0 Å². The van der Waals surface area contributed by atoms with E-state index in [1.807, 2.05) is 54.6 Å². The van der Waals surface area contributed by atoms with Gasteiger partial charge in [-0.05, 0) is 48.5 Å². The van der Waals surface area contributed by atoms with Crippen molar-refractivity contribution < 1.29 is 16.8 Å². The van der Waals surface area contributed by atoms with E-state index in [1.165, 1.54) is 6.07 Å². The number of sulfonamides is 2. The van der Waals surface area contributed by atoms with Crippen molar-refractivity contribution in [3.05, 3.63) is 109 Å². The lowest BCUT2D eigenvalue weighted by molar-refractivity contribution is 0.596. The zero-order valence-corrected chi connectivity index (χ0v) is 20.5. The zero-order valence-electron chi connectivity index (χ0n) is 18.1. The van der Waals surface area contributed by atoms with E-state index < -0.39 is 24.9 Å². The van der Waals surface area contributed by atoms with Gasteiger partial charge in [-0.2, -0.15) is 8.42 Å². The fourth-order valence-corrected chi connectivity index (χ4v) is 4.38. The summed E-state index contributed by atoms with van der Waals surface area (Å²) >= 11 is 5.70. The van der Waals surface area contributed by atoms with Crippen LogP contribution in [0.2, 0.25) is 5.02 Å². The van der Waals surface area contributed by atoms with Crippen LogP contribution in [0.25, 0.3) is 0 Å². The molecule has 3 N–H and O–H groups in total. The van der Waals surface area contributed by atoms with E-state index in [0.29, 0.717) is 0 Å². The molecule has 0 atom stereocenters. The summed E-state index contributed by atoms with van der Waals surface area (Å²) in [5, 5.41) is 7.30. The average Bonchev–Trinajstić information content (AvgIpc) is 2.87. The van der Waals surface area contributed by atoms with Gasteiger partial charge in [0.25, 0.3) is 10.0 Å². The van der Waals surface area contributed by atoms with Crippen LogP contribution in [-0.2, 0) is 20.0 Å². The molecule has 4 heterocycles. The maximum absolute atomic E-state index is 11.5. The standard InChI is InChI=1S/C7H6ClN3O4S2.3C5H5N/c8-4-1-5-7(2-6(4)16(9,12)13)17(14,15)11-3-10-5;3*1-2-4-6-5-3-1/h1-3H,(H,10,11)(H2,9,12,13);3*1-5H. The van der Waals surface area contributed by atoms with Gasteiger partial charge in [0, 0.05) is 37.2 Å². The molecule has 0 radical (unpaired) electrons. The number of nitrogens with two attached hydrogens (primary N) is 1. The van der Waals surface area contributed by atoms with Crippen molar-refractivity contribution in [3.63, 3.8) is 0 Å². The molecular formula is C22H21ClN6O4S2. The van der Waals surface area contributed by atoms with Crippen LogP contribution >= 0.6 is 11.6 Å². The van der Waals surface area contributed by atoms with Crippen LogP contribution in [0.1, 0.15) is 0 Å². The van der Waals surface area contributed by atoms with E-state index in [4.69, 9.17) is 16.7 Å². The quantitative estimate of drug-likeness (QED) is 0.377. The summed E-state index contributed by atoms with van der Waals surface area (Å²) in [6.45, 7) is 0. The molecule has 13 heteroatoms. The van der Waals surface area contributed by atoms with E-state index in [0.717, 1.165) is 12.4 Å². The maximum Gasteiger partial charge on any atom is 0.285 e. The number of hydrogen-bond acceptors (Lipinski definition) is 8. The summed E-state index contributed by atoms with van der Waals surface area (Å²) in [5.41, 5.74) is 0.150. The molecule has 0 saturated heterocycles. The topological polar surface area (TPSA) is 157 Å². The molecule has 1 aliphatic rings. The molecule has 0 bridgehead atoms. The van der Waals surface area contributed by atoms with E-state index in [1.54, 1.807) is 37.2 Å². The minimum absolute atomic E-state index is 0.150. The molecule has 0 unspecified atom stereocenters. The van der Waals surface area contributed by atoms with Gasteiger partial charge >= 0.3 is 0 Å². The molecule has 35 heavy (non-hydrogen) atoms. The Balaban J connectivity index is 0.000000194. The minimum Gasteiger partial charge on any atom is -0.344 e. The summed E-state index contributed by atoms with van der Waals surface area (Å²) in [5.74, 6) is 0. The summed E-state index contributed by atoms with van der Waals surface area (Å²) in [4.78, 5) is 10.6. The third-order valence-electron chi connectivity index (χ3n) is 3.73. The number of benzene rings is 1. The predicted octanol–water partition coefficient (Wildman–Crippen LogP) is 3.37. The lowest BCUT2D eigenvalue weighted by atomic mass is 10.3. The number of hydrogen-bond donors (Lipinski definition) is 2. The molecule has 182 valence electrons. The van der Waals surface area contributed by atoms with Crippen LogP contribution in [0, 0.1) is 0 Å². The number of rotatable bonds is 1. The summed E-state index contributed by atoms with van der Waals surface area (Å²) in [6.07, 6.45) is 11.5. The van der Waals surface area contributed by atoms with Crippen molar-refractivity contribution in [3.8, 4) is 0 Å². The minimum atomic E-state index is -4.09. The number of pyridine rings is 3. The van der Waals surface area contributed by atoms with Crippen molar-refractivity contribution >= 4 is 43.7 Å². The Morgan fingerprint density at radius 2 is 1.17 bits per heavy atom. The Hall–Kier alpha value is -3.71. The Morgan fingerprint density at radius 1 is 0.743 bits per heavy atom. The van der Waals surface area contributed by atoms with Gasteiger partial charge in [-0.15, -0.1) is 4.40 Å². The van der Waals surface area contributed by atoms with Gasteiger partial charge in [-0.1, -0.05) is 29.8 Å². The lowest BCUT2D eigenvalue weighted by Crippen LogP contribution is -2.16. The molecular weight excluding hydrogens is 512 g/mol. The first-order valence-electron chi connectivity index (χ1n) is 9.68. The zero-order chi connectivity index (χ0) is 25.6. The second-order valence-corrected chi connectivity index (χ2v) is 9.79. The first-order chi connectivity index (χ1) is 16.7. The van der Waals surface area contributed by atoms with Gasteiger partial charge in [0.05, 0.1) is 10.7 Å². The Labute approximate surface area is 208 Å². The van der Waals surface area contributed by atoms with Crippen molar-refractivity contribution in [2.24, 2.45) is 9.54 Å². The van der Waals surface area contributed by atoms with Gasteiger partial charge < -0.3 is 5.32 Å². The molecule has 0 fully saturated rings. The van der Waals surface area contributed by atoms with Crippen molar-refractivity contribution in [2.75, 3.05) is 5.32 Å². The van der Waals surface area contributed by atoms with E-state index >= 15 is 0 Å². The van der Waals surface area contributed by atoms with E-state index in [-0.39, 0.29) is 15.6 Å². The van der Waals surface area contributed by atoms with E-state index in [9.17, 15) is 16.8 Å². The molecule has 3 aromatic heterocycles. The smallest absolute Gasteiger partial charge is 0.285 e. The summed E-state index contributed by atoms with van der Waals surface area (Å²) in [6, 6.07) is 19.2. The first-order valence-corrected chi connectivity index (χ1v) is 13.0. The molecule has 0 amide bonds. The highest BCUT2D eigenvalue weighted by molar-refractivity contribution is 7.91. The number of anilines is 1. The largest absolute Gasteiger partial charge is 0.344 e. The Morgan fingerprint density at radius 3 is 1.49 bits per heavy atom. The van der Waals surface area contributed by atoms with Crippen molar-refractivity contribution in [2.45, 2.75) is 9.79 Å². The van der Waals surface area contributed by atoms with Crippen LogP contribution < -0.4 is 10.5 Å². The molecule has 0 aliphatic carbocycles. The van der Waals surface area contributed by atoms with Gasteiger partial charge in [0.1, 0.15) is 16.1 Å². The number of nitrogens with zero attached hydrogens (tertiary/aromatic N) is 4. The van der Waals surface area contributed by atoms with Crippen LogP contribution in [0.15, 0.2) is 118 Å². The second kappa shape index (κ2) is 13.9. The van der Waals surface area contributed by atoms with Gasteiger partial charge in [0.15, 0.2) is 0 Å². The summed E-state index contributed by atoms with van der Waals surface area (Å²) < 4.78 is 48.7. The Kier molecular flexibility index (Phi) is 10.9. The second-order valence-electron chi connectivity index (χ2n) is 6.25. The van der Waals surface area contributed by atoms with E-state index in [2.05, 4.69) is 24.7 Å². The highest BCUT2D eigenvalue weighted by atomic mass is 35.5. The normalized spacial score (nSPS) is 12.5. The third kappa shape index (κ3) is 9.98. The molecule has 4 aromatic rings. The monoisotopic (exact) mass is 532 g/mol. The molecule has 1 aromatic carbocycles. The fourth-order valence-electron chi connectivity index (χ4n) is 2.24.